The van der Waals surface area contributed by atoms with Crippen molar-refractivity contribution in [2.75, 3.05) is 0 Å². The molecule has 2 atom stereocenters. The summed E-state index contributed by atoms with van der Waals surface area (Å²) in [7, 11) is 0. The first kappa shape index (κ1) is 12.5. The average Bonchev–Trinajstić information content (AvgIpc) is 2.64. The summed E-state index contributed by atoms with van der Waals surface area (Å²) in [5.74, 6) is 0.0750. The monoisotopic (exact) mass is 254 g/mol. The maximum atomic E-state index is 12.0. The number of rotatable bonds is 2. The molecule has 2 N–H and O–H groups in total. The van der Waals surface area contributed by atoms with Crippen molar-refractivity contribution in [3.05, 3.63) is 0 Å². The molecule has 1 saturated carbocycles. The minimum absolute atomic E-state index is 0.0197. The highest BCUT2D eigenvalue weighted by atomic mass is 32.1. The molecule has 0 aromatic heterocycles. The molecule has 94 valence electrons. The summed E-state index contributed by atoms with van der Waals surface area (Å²) < 4.78 is 0. The number of imide groups is 1. The van der Waals surface area contributed by atoms with Crippen LogP contribution in [0.4, 0.5) is 0 Å². The molecule has 1 saturated heterocycles. The second-order valence-electron chi connectivity index (χ2n) is 5.18. The van der Waals surface area contributed by atoms with Gasteiger partial charge in [0.15, 0.2) is 0 Å². The topological polar surface area (TPSA) is 63.4 Å². The first-order valence-corrected chi connectivity index (χ1v) is 6.55. The summed E-state index contributed by atoms with van der Waals surface area (Å²) in [6, 6.07) is -0.0833. The molecule has 1 heterocycles. The van der Waals surface area contributed by atoms with Gasteiger partial charge in [-0.3, -0.25) is 14.5 Å². The lowest BCUT2D eigenvalue weighted by atomic mass is 9.93. The van der Waals surface area contributed by atoms with Gasteiger partial charge in [-0.1, -0.05) is 25.6 Å². The lowest BCUT2D eigenvalue weighted by Gasteiger charge is -2.35. The summed E-state index contributed by atoms with van der Waals surface area (Å²) in [5.41, 5.74) is 5.70. The third-order valence-electron chi connectivity index (χ3n) is 3.76. The smallest absolute Gasteiger partial charge is 0.229 e. The minimum atomic E-state index is -0.0833. The summed E-state index contributed by atoms with van der Waals surface area (Å²) in [6.45, 7) is 1.94. The summed E-state index contributed by atoms with van der Waals surface area (Å²) >= 11 is 5.03. The fraction of sp³-hybridized carbons (Fsp3) is 0.750. The molecular formula is C12H18N2O2S. The van der Waals surface area contributed by atoms with Crippen molar-refractivity contribution in [2.45, 2.75) is 45.1 Å². The molecule has 0 aromatic carbocycles. The van der Waals surface area contributed by atoms with Crippen molar-refractivity contribution >= 4 is 29.0 Å². The van der Waals surface area contributed by atoms with Gasteiger partial charge < -0.3 is 5.73 Å². The molecule has 4 nitrogen and oxygen atoms in total. The van der Waals surface area contributed by atoms with E-state index < -0.39 is 0 Å². The van der Waals surface area contributed by atoms with Gasteiger partial charge in [0.1, 0.15) is 0 Å². The number of carbonyl (C=O) groups excluding carboxylic acids is 2. The first-order valence-electron chi connectivity index (χ1n) is 6.15. The molecule has 2 unspecified atom stereocenters. The highest BCUT2D eigenvalue weighted by Crippen LogP contribution is 2.33. The molecular weight excluding hydrogens is 236 g/mol. The van der Waals surface area contributed by atoms with E-state index in [0.717, 1.165) is 19.3 Å². The van der Waals surface area contributed by atoms with Gasteiger partial charge in [0.25, 0.3) is 0 Å². The van der Waals surface area contributed by atoms with E-state index in [1.54, 1.807) is 0 Å². The Morgan fingerprint density at radius 2 is 1.88 bits per heavy atom. The van der Waals surface area contributed by atoms with Gasteiger partial charge in [-0.05, 0) is 18.8 Å². The Hall–Kier alpha value is -0.970. The number of amides is 2. The predicted molar refractivity (Wildman–Crippen MR) is 68.2 cm³/mol. The number of thiocarbonyl (C=S) groups is 1. The number of hydrogen-bond donors (Lipinski definition) is 1. The number of carbonyl (C=O) groups is 2. The van der Waals surface area contributed by atoms with Crippen LogP contribution in [-0.2, 0) is 9.59 Å². The van der Waals surface area contributed by atoms with Crippen LogP contribution in [0.15, 0.2) is 0 Å². The quantitative estimate of drug-likeness (QED) is 0.594. The summed E-state index contributed by atoms with van der Waals surface area (Å²) in [4.78, 5) is 25.9. The van der Waals surface area contributed by atoms with Gasteiger partial charge in [0.05, 0.1) is 4.99 Å². The van der Waals surface area contributed by atoms with Crippen LogP contribution in [0.1, 0.15) is 39.0 Å². The number of piperidine rings is 1. The van der Waals surface area contributed by atoms with E-state index in [9.17, 15) is 9.59 Å². The molecule has 0 aromatic rings. The zero-order valence-electron chi connectivity index (χ0n) is 10.0. The molecule has 2 aliphatic rings. The standard InChI is InChI=1S/C12H18N2O2S/c1-7-5-10(15)14(11(16)6-7)9-4-2-3-8(9)12(13)17/h7-9H,2-6H2,1H3,(H2,13,17). The number of nitrogens with zero attached hydrogens (tertiary/aromatic N) is 1. The number of likely N-dealkylation sites (tertiary alicyclic amines) is 1. The second-order valence-corrected chi connectivity index (χ2v) is 5.65. The van der Waals surface area contributed by atoms with Crippen molar-refractivity contribution in [3.8, 4) is 0 Å². The normalized spacial score (nSPS) is 31.0. The molecule has 1 aliphatic carbocycles. The molecule has 1 aliphatic heterocycles. The SMILES string of the molecule is CC1CC(=O)N(C2CCCC2C(N)=S)C(=O)C1. The van der Waals surface area contributed by atoms with Gasteiger partial charge in [-0.2, -0.15) is 0 Å². The number of hydrogen-bond acceptors (Lipinski definition) is 3. The van der Waals surface area contributed by atoms with Crippen molar-refractivity contribution < 1.29 is 9.59 Å². The molecule has 0 bridgehead atoms. The van der Waals surface area contributed by atoms with Gasteiger partial charge in [0.2, 0.25) is 11.8 Å². The largest absolute Gasteiger partial charge is 0.393 e. The van der Waals surface area contributed by atoms with Crippen molar-refractivity contribution in [1.29, 1.82) is 0 Å². The lowest BCUT2D eigenvalue weighted by molar-refractivity contribution is -0.153. The molecule has 0 spiro atoms. The Kier molecular flexibility index (Phi) is 3.47. The molecule has 2 rings (SSSR count). The maximum Gasteiger partial charge on any atom is 0.229 e. The molecule has 5 heteroatoms. The molecule has 2 fully saturated rings. The van der Waals surface area contributed by atoms with Gasteiger partial charge in [0, 0.05) is 24.8 Å². The third kappa shape index (κ3) is 2.34. The van der Waals surface area contributed by atoms with Crippen molar-refractivity contribution in [1.82, 2.24) is 4.90 Å². The Bertz CT molecular complexity index is 352. The van der Waals surface area contributed by atoms with E-state index in [-0.39, 0.29) is 29.7 Å². The predicted octanol–water partition coefficient (Wildman–Crippen LogP) is 1.23. The Balaban J connectivity index is 2.18. The van der Waals surface area contributed by atoms with E-state index in [0.29, 0.717) is 17.8 Å². The Morgan fingerprint density at radius 3 is 2.41 bits per heavy atom. The summed E-state index contributed by atoms with van der Waals surface area (Å²) in [5, 5.41) is 0. The van der Waals surface area contributed by atoms with Crippen LogP contribution in [-0.4, -0.2) is 27.7 Å². The first-order chi connectivity index (χ1) is 8.00. The zero-order chi connectivity index (χ0) is 12.6. The van der Waals surface area contributed by atoms with Gasteiger partial charge >= 0.3 is 0 Å². The average molecular weight is 254 g/mol. The van der Waals surface area contributed by atoms with Gasteiger partial charge in [-0.15, -0.1) is 0 Å². The van der Waals surface area contributed by atoms with Crippen LogP contribution in [0.25, 0.3) is 0 Å². The molecule has 0 radical (unpaired) electrons. The Labute approximate surface area is 107 Å². The number of nitrogens with two attached hydrogens (primary N) is 1. The van der Waals surface area contributed by atoms with Crippen LogP contribution in [0, 0.1) is 11.8 Å². The van der Waals surface area contributed by atoms with E-state index >= 15 is 0 Å². The van der Waals surface area contributed by atoms with E-state index in [4.69, 9.17) is 18.0 Å². The fourth-order valence-corrected chi connectivity index (χ4v) is 3.23. The van der Waals surface area contributed by atoms with Crippen molar-refractivity contribution in [3.63, 3.8) is 0 Å². The highest BCUT2D eigenvalue weighted by Gasteiger charge is 2.41. The van der Waals surface area contributed by atoms with E-state index in [1.165, 1.54) is 4.90 Å². The molecule has 2 amide bonds. The van der Waals surface area contributed by atoms with E-state index in [2.05, 4.69) is 0 Å². The van der Waals surface area contributed by atoms with Crippen molar-refractivity contribution in [2.24, 2.45) is 17.6 Å². The maximum absolute atomic E-state index is 12.0. The third-order valence-corrected chi connectivity index (χ3v) is 4.06. The lowest BCUT2D eigenvalue weighted by Crippen LogP contribution is -2.51. The highest BCUT2D eigenvalue weighted by molar-refractivity contribution is 7.80. The minimum Gasteiger partial charge on any atom is -0.393 e. The Morgan fingerprint density at radius 1 is 1.29 bits per heavy atom. The van der Waals surface area contributed by atoms with Gasteiger partial charge in [-0.25, -0.2) is 0 Å². The zero-order valence-corrected chi connectivity index (χ0v) is 10.8. The van der Waals surface area contributed by atoms with E-state index in [1.807, 2.05) is 6.92 Å². The van der Waals surface area contributed by atoms with Crippen LogP contribution in [0.2, 0.25) is 0 Å². The van der Waals surface area contributed by atoms with Crippen LogP contribution < -0.4 is 5.73 Å². The van der Waals surface area contributed by atoms with Crippen LogP contribution >= 0.6 is 12.2 Å². The fourth-order valence-electron chi connectivity index (χ4n) is 2.96. The van der Waals surface area contributed by atoms with Crippen LogP contribution in [0.5, 0.6) is 0 Å². The van der Waals surface area contributed by atoms with Crippen LogP contribution in [0.3, 0.4) is 0 Å². The second kappa shape index (κ2) is 4.72. The molecule has 17 heavy (non-hydrogen) atoms. The summed E-state index contributed by atoms with van der Waals surface area (Å²) in [6.07, 6.45) is 3.65.